The first-order chi connectivity index (χ1) is 25.8. The van der Waals surface area contributed by atoms with E-state index in [-0.39, 0.29) is 29.0 Å². The third-order valence-corrected chi connectivity index (χ3v) is 11.9. The quantitative estimate of drug-likeness (QED) is 0.289. The Balaban J connectivity index is 1.07. The molecule has 280 valence electrons. The number of rotatable bonds is 7. The van der Waals surface area contributed by atoms with E-state index >= 15 is 4.39 Å². The first kappa shape index (κ1) is 34.2. The molecule has 7 heterocycles. The summed E-state index contributed by atoms with van der Waals surface area (Å²) < 4.78 is 43.7. The highest BCUT2D eigenvalue weighted by atomic mass is 19.1. The number of phenolic OH excluding ortho intramolecular Hbond substituents is 1. The number of morpholine rings is 1. The molecule has 5 aliphatic heterocycles. The van der Waals surface area contributed by atoms with E-state index < -0.39 is 6.17 Å². The fourth-order valence-corrected chi connectivity index (χ4v) is 9.32. The Hall–Kier alpha value is -4.56. The van der Waals surface area contributed by atoms with Crippen LogP contribution in [0.1, 0.15) is 65.6 Å². The van der Waals surface area contributed by atoms with E-state index in [0.717, 1.165) is 71.6 Å². The second-order valence-corrected chi connectivity index (χ2v) is 15.2. The second kappa shape index (κ2) is 13.7. The Morgan fingerprint density at radius 2 is 1.91 bits per heavy atom. The predicted molar refractivity (Wildman–Crippen MR) is 195 cm³/mol. The number of phenols is 1. The topological polar surface area (TPSA) is 112 Å². The number of benzene rings is 2. The number of carbonyl (C=O) groups is 1. The van der Waals surface area contributed by atoms with Gasteiger partial charge in [-0.25, -0.2) is 8.78 Å². The van der Waals surface area contributed by atoms with Gasteiger partial charge in [-0.05, 0) is 67.8 Å². The van der Waals surface area contributed by atoms with Crippen molar-refractivity contribution in [2.45, 2.75) is 76.8 Å². The molecule has 0 aliphatic carbocycles. The van der Waals surface area contributed by atoms with Crippen molar-refractivity contribution < 1.29 is 28.2 Å². The predicted octanol–water partition coefficient (Wildman–Crippen LogP) is 4.63. The van der Waals surface area contributed by atoms with Crippen molar-refractivity contribution in [1.29, 1.82) is 0 Å². The van der Waals surface area contributed by atoms with E-state index in [1.165, 1.54) is 6.07 Å². The molecule has 4 aromatic rings. The smallest absolute Gasteiger partial charge is 0.318 e. The molecule has 1 amide bonds. The van der Waals surface area contributed by atoms with E-state index in [1.807, 2.05) is 17.7 Å². The van der Waals surface area contributed by atoms with Crippen molar-refractivity contribution in [1.82, 2.24) is 29.5 Å². The van der Waals surface area contributed by atoms with Crippen LogP contribution in [-0.2, 0) is 37.2 Å². The zero-order chi connectivity index (χ0) is 36.3. The number of carbonyl (C=O) groups excluding carboxylic acids is 1. The van der Waals surface area contributed by atoms with Crippen LogP contribution in [0.4, 0.5) is 20.3 Å². The maximum atomic E-state index is 15.1. The summed E-state index contributed by atoms with van der Waals surface area (Å²) >= 11 is 0. The summed E-state index contributed by atoms with van der Waals surface area (Å²) in [5.74, 6) is 0.568. The molecule has 0 radical (unpaired) electrons. The molecule has 2 aromatic carbocycles. The van der Waals surface area contributed by atoms with Crippen molar-refractivity contribution in [2.75, 3.05) is 68.9 Å². The lowest BCUT2D eigenvalue weighted by Crippen LogP contribution is -2.43. The summed E-state index contributed by atoms with van der Waals surface area (Å²) in [7, 11) is 0. The molecule has 53 heavy (non-hydrogen) atoms. The molecule has 3 fully saturated rings. The Morgan fingerprint density at radius 3 is 2.75 bits per heavy atom. The van der Waals surface area contributed by atoms with Crippen molar-refractivity contribution in [3.05, 3.63) is 64.4 Å². The maximum absolute atomic E-state index is 15.1. The van der Waals surface area contributed by atoms with Gasteiger partial charge in [0, 0.05) is 68.4 Å². The van der Waals surface area contributed by atoms with Crippen molar-refractivity contribution >= 4 is 28.2 Å². The summed E-state index contributed by atoms with van der Waals surface area (Å²) in [6.45, 7) is 8.65. The highest BCUT2D eigenvalue weighted by molar-refractivity contribution is 5.98. The summed E-state index contributed by atoms with van der Waals surface area (Å²) in [6.07, 6.45) is 3.40. The number of anilines is 2. The summed E-state index contributed by atoms with van der Waals surface area (Å²) in [5.41, 5.74) is 4.23. The molecule has 14 heteroatoms. The largest absolute Gasteiger partial charge is 0.508 e. The van der Waals surface area contributed by atoms with Gasteiger partial charge >= 0.3 is 6.01 Å². The lowest BCUT2D eigenvalue weighted by Gasteiger charge is -2.35. The standard InChI is InChI=1S/C39H46F2N8O4/c1-2-29-31(41)6-5-25-17-28(50)19-34(35(25)29)46-12-7-30-33(23-46)42-38(53-24-39-8-3-10-48(39)21-26(40)20-39)43-36(30)47-9-4-11-49-27(22-47)18-32(44-49)37(51)45-13-15-52-16-14-45/h5-6,17-19,26,50H,2-4,7-16,20-24H2,1H3/t26-,39+/m1/s1. The molecule has 2 atom stereocenters. The maximum Gasteiger partial charge on any atom is 0.318 e. The number of ether oxygens (including phenoxy) is 2. The lowest BCUT2D eigenvalue weighted by atomic mass is 9.95. The third-order valence-electron chi connectivity index (χ3n) is 11.9. The van der Waals surface area contributed by atoms with Crippen LogP contribution in [-0.4, -0.2) is 111 Å². The minimum Gasteiger partial charge on any atom is -0.508 e. The van der Waals surface area contributed by atoms with Gasteiger partial charge in [0.1, 0.15) is 30.2 Å². The second-order valence-electron chi connectivity index (χ2n) is 15.2. The molecule has 3 saturated heterocycles. The Labute approximate surface area is 307 Å². The molecule has 2 aromatic heterocycles. The van der Waals surface area contributed by atoms with Crippen LogP contribution in [0.3, 0.4) is 0 Å². The minimum absolute atomic E-state index is 0.0797. The van der Waals surface area contributed by atoms with Gasteiger partial charge in [-0.3, -0.25) is 14.4 Å². The third kappa shape index (κ3) is 6.23. The van der Waals surface area contributed by atoms with E-state index in [9.17, 15) is 14.3 Å². The number of hydrogen-bond donors (Lipinski definition) is 1. The van der Waals surface area contributed by atoms with Gasteiger partial charge < -0.3 is 29.3 Å². The molecular weight excluding hydrogens is 682 g/mol. The summed E-state index contributed by atoms with van der Waals surface area (Å²) in [6, 6.07) is 8.75. The van der Waals surface area contributed by atoms with Crippen LogP contribution in [0, 0.1) is 5.82 Å². The van der Waals surface area contributed by atoms with Gasteiger partial charge in [0.25, 0.3) is 5.91 Å². The number of aryl methyl sites for hydroxylation is 2. The van der Waals surface area contributed by atoms with Gasteiger partial charge in [0.15, 0.2) is 5.69 Å². The SMILES string of the molecule is CCc1c(F)ccc2cc(O)cc(N3CCc4c(nc(OC[C@@]56CCCN5C[C@H](F)C6)nc4N4CCCn5nc(C(=O)N6CCOCC6)cc5C4)C3)c12. The highest BCUT2D eigenvalue weighted by Crippen LogP contribution is 2.42. The number of fused-ring (bicyclic) bond motifs is 4. The Bertz CT molecular complexity index is 2050. The summed E-state index contributed by atoms with van der Waals surface area (Å²) in [4.78, 5) is 31.9. The molecule has 0 unspecified atom stereocenters. The number of halogens is 2. The number of amides is 1. The molecule has 0 spiro atoms. The number of nitrogens with zero attached hydrogens (tertiary/aromatic N) is 8. The fourth-order valence-electron chi connectivity index (χ4n) is 9.32. The molecule has 1 N–H and O–H groups in total. The highest BCUT2D eigenvalue weighted by Gasteiger charge is 2.49. The van der Waals surface area contributed by atoms with Gasteiger partial charge in [0.2, 0.25) is 0 Å². The average Bonchev–Trinajstić information content (AvgIpc) is 3.80. The van der Waals surface area contributed by atoms with Crippen molar-refractivity contribution in [2.24, 2.45) is 0 Å². The first-order valence-corrected chi connectivity index (χ1v) is 19.1. The lowest BCUT2D eigenvalue weighted by molar-refractivity contribution is 0.0298. The monoisotopic (exact) mass is 728 g/mol. The fraction of sp³-hybridized carbons (Fsp3) is 0.538. The van der Waals surface area contributed by atoms with Crippen LogP contribution in [0.25, 0.3) is 10.8 Å². The van der Waals surface area contributed by atoms with E-state index in [2.05, 4.69) is 14.7 Å². The van der Waals surface area contributed by atoms with E-state index in [0.29, 0.717) is 96.2 Å². The van der Waals surface area contributed by atoms with Crippen LogP contribution in [0.5, 0.6) is 11.8 Å². The number of aromatic nitrogens is 4. The van der Waals surface area contributed by atoms with Crippen LogP contribution >= 0.6 is 0 Å². The molecule has 12 nitrogen and oxygen atoms in total. The Kier molecular flexibility index (Phi) is 8.84. The average molecular weight is 729 g/mol. The van der Waals surface area contributed by atoms with Crippen LogP contribution in [0.2, 0.25) is 0 Å². The minimum atomic E-state index is -0.871. The molecule has 5 aliphatic rings. The normalized spacial score (nSPS) is 23.2. The number of hydrogen-bond acceptors (Lipinski definition) is 10. The zero-order valence-corrected chi connectivity index (χ0v) is 30.2. The van der Waals surface area contributed by atoms with Crippen LogP contribution < -0.4 is 14.5 Å². The molecular formula is C39H46F2N8O4. The van der Waals surface area contributed by atoms with E-state index in [4.69, 9.17) is 24.5 Å². The van der Waals surface area contributed by atoms with Gasteiger partial charge in [-0.2, -0.15) is 15.1 Å². The molecule has 9 rings (SSSR count). The van der Waals surface area contributed by atoms with Crippen molar-refractivity contribution in [3.8, 4) is 11.8 Å². The first-order valence-electron chi connectivity index (χ1n) is 19.1. The van der Waals surface area contributed by atoms with Gasteiger partial charge in [0.05, 0.1) is 43.2 Å². The summed E-state index contributed by atoms with van der Waals surface area (Å²) in [5, 5.41) is 17.1. The van der Waals surface area contributed by atoms with E-state index in [1.54, 1.807) is 23.1 Å². The zero-order valence-electron chi connectivity index (χ0n) is 30.2. The number of aromatic hydroxyl groups is 1. The van der Waals surface area contributed by atoms with Crippen molar-refractivity contribution in [3.63, 3.8) is 0 Å². The van der Waals surface area contributed by atoms with Crippen LogP contribution in [0.15, 0.2) is 30.3 Å². The molecule has 0 bridgehead atoms. The molecule has 0 saturated carbocycles. The van der Waals surface area contributed by atoms with Gasteiger partial charge in [-0.1, -0.05) is 13.0 Å². The van der Waals surface area contributed by atoms with Gasteiger partial charge in [-0.15, -0.1) is 0 Å². The number of alkyl halides is 1. The Morgan fingerprint density at radius 1 is 1.04 bits per heavy atom.